The number of ether oxygens (including phenoxy) is 1. The predicted molar refractivity (Wildman–Crippen MR) is 73.5 cm³/mol. The van der Waals surface area contributed by atoms with Crippen molar-refractivity contribution in [3.05, 3.63) is 18.1 Å². The number of hydrogen-bond donors (Lipinski definition) is 2. The standard InChI is InChI=1S/C13H23N5O/c1-18(2)13(6-4-5-7-13)11(17-14)10-12(19-3)16-9-8-15-10/h8-9,11,17H,4-7,14H2,1-3H3. The topological polar surface area (TPSA) is 76.3 Å². The van der Waals surface area contributed by atoms with Gasteiger partial charge in [-0.05, 0) is 26.9 Å². The SMILES string of the molecule is COc1nccnc1C(NN)C1(N(C)C)CCCC1. The molecule has 2 rings (SSSR count). The summed E-state index contributed by atoms with van der Waals surface area (Å²) in [5, 5.41) is 0. The molecule has 19 heavy (non-hydrogen) atoms. The summed E-state index contributed by atoms with van der Waals surface area (Å²) in [6, 6.07) is -0.0892. The van der Waals surface area contributed by atoms with E-state index in [1.807, 2.05) is 0 Å². The highest BCUT2D eigenvalue weighted by Crippen LogP contribution is 2.43. The summed E-state index contributed by atoms with van der Waals surface area (Å²) in [6.45, 7) is 0. The number of nitrogens with two attached hydrogens (primary N) is 1. The second-order valence-electron chi connectivity index (χ2n) is 5.26. The molecule has 1 aromatic rings. The molecule has 1 aliphatic rings. The van der Waals surface area contributed by atoms with E-state index in [9.17, 15) is 0 Å². The molecule has 1 unspecified atom stereocenters. The summed E-state index contributed by atoms with van der Waals surface area (Å²) in [5.74, 6) is 6.37. The first-order valence-electron chi connectivity index (χ1n) is 6.64. The van der Waals surface area contributed by atoms with Crippen LogP contribution in [0, 0.1) is 0 Å². The third kappa shape index (κ3) is 2.43. The molecule has 0 spiro atoms. The van der Waals surface area contributed by atoms with Gasteiger partial charge in [0.15, 0.2) is 0 Å². The van der Waals surface area contributed by atoms with Gasteiger partial charge in [0.2, 0.25) is 5.88 Å². The smallest absolute Gasteiger partial charge is 0.237 e. The summed E-state index contributed by atoms with van der Waals surface area (Å²) in [4.78, 5) is 10.9. The van der Waals surface area contributed by atoms with Gasteiger partial charge in [0, 0.05) is 17.9 Å². The van der Waals surface area contributed by atoms with Gasteiger partial charge >= 0.3 is 0 Å². The van der Waals surface area contributed by atoms with Crippen molar-refractivity contribution in [2.24, 2.45) is 5.84 Å². The van der Waals surface area contributed by atoms with Gasteiger partial charge in [0.1, 0.15) is 5.69 Å². The van der Waals surface area contributed by atoms with E-state index in [4.69, 9.17) is 10.6 Å². The number of hydrazine groups is 1. The van der Waals surface area contributed by atoms with Crippen LogP contribution in [-0.4, -0.2) is 41.6 Å². The van der Waals surface area contributed by atoms with Gasteiger partial charge in [-0.1, -0.05) is 12.8 Å². The third-order valence-electron chi connectivity index (χ3n) is 4.22. The number of methoxy groups -OCH3 is 1. The summed E-state index contributed by atoms with van der Waals surface area (Å²) in [7, 11) is 5.80. The lowest BCUT2D eigenvalue weighted by atomic mass is 9.85. The Hall–Kier alpha value is -1.24. The van der Waals surface area contributed by atoms with Crippen LogP contribution >= 0.6 is 0 Å². The molecule has 0 aromatic carbocycles. The first-order chi connectivity index (χ1) is 9.15. The largest absolute Gasteiger partial charge is 0.480 e. The summed E-state index contributed by atoms with van der Waals surface area (Å²) in [5.41, 5.74) is 3.68. The molecule has 6 nitrogen and oxygen atoms in total. The van der Waals surface area contributed by atoms with Gasteiger partial charge in [-0.3, -0.25) is 10.8 Å². The molecule has 3 N–H and O–H groups in total. The highest BCUT2D eigenvalue weighted by Gasteiger charge is 2.45. The molecule has 1 aliphatic carbocycles. The molecule has 0 aliphatic heterocycles. The minimum Gasteiger partial charge on any atom is -0.480 e. The van der Waals surface area contributed by atoms with E-state index < -0.39 is 0 Å². The van der Waals surface area contributed by atoms with Crippen molar-refractivity contribution in [3.63, 3.8) is 0 Å². The maximum atomic E-state index is 5.83. The van der Waals surface area contributed by atoms with E-state index in [2.05, 4.69) is 34.4 Å². The number of nitrogens with zero attached hydrogens (tertiary/aromatic N) is 3. The molecule has 0 radical (unpaired) electrons. The van der Waals surface area contributed by atoms with E-state index in [0.29, 0.717) is 5.88 Å². The van der Waals surface area contributed by atoms with Crippen molar-refractivity contribution in [3.8, 4) is 5.88 Å². The van der Waals surface area contributed by atoms with Crippen molar-refractivity contribution in [2.75, 3.05) is 21.2 Å². The van der Waals surface area contributed by atoms with E-state index in [1.54, 1.807) is 19.5 Å². The second kappa shape index (κ2) is 5.81. The lowest BCUT2D eigenvalue weighted by Crippen LogP contribution is -2.54. The van der Waals surface area contributed by atoms with Crippen molar-refractivity contribution in [1.82, 2.24) is 20.3 Å². The normalized spacial score (nSPS) is 19.6. The fourth-order valence-corrected chi connectivity index (χ4v) is 3.16. The third-order valence-corrected chi connectivity index (χ3v) is 4.22. The zero-order valence-corrected chi connectivity index (χ0v) is 11.9. The average Bonchev–Trinajstić information content (AvgIpc) is 2.91. The Balaban J connectivity index is 2.43. The number of rotatable bonds is 5. The molecular formula is C13H23N5O. The van der Waals surface area contributed by atoms with Crippen LogP contribution in [0.1, 0.15) is 37.4 Å². The Morgan fingerprint density at radius 1 is 1.32 bits per heavy atom. The molecule has 1 atom stereocenters. The van der Waals surface area contributed by atoms with E-state index >= 15 is 0 Å². The number of aromatic nitrogens is 2. The van der Waals surface area contributed by atoms with Crippen molar-refractivity contribution < 1.29 is 4.74 Å². The Morgan fingerprint density at radius 3 is 2.47 bits per heavy atom. The summed E-state index contributed by atoms with van der Waals surface area (Å²) >= 11 is 0. The fraction of sp³-hybridized carbons (Fsp3) is 0.692. The monoisotopic (exact) mass is 265 g/mol. The van der Waals surface area contributed by atoms with E-state index in [1.165, 1.54) is 12.8 Å². The zero-order valence-electron chi connectivity index (χ0n) is 11.9. The molecule has 1 saturated carbocycles. The van der Waals surface area contributed by atoms with Gasteiger partial charge in [-0.25, -0.2) is 10.4 Å². The number of nitrogens with one attached hydrogen (secondary N) is 1. The van der Waals surface area contributed by atoms with Crippen LogP contribution in [0.5, 0.6) is 5.88 Å². The zero-order chi connectivity index (χ0) is 13.9. The Labute approximate surface area is 114 Å². The molecule has 0 saturated heterocycles. The molecule has 6 heteroatoms. The van der Waals surface area contributed by atoms with Crippen LogP contribution in [0.15, 0.2) is 12.4 Å². The molecule has 0 bridgehead atoms. The summed E-state index contributed by atoms with van der Waals surface area (Å²) < 4.78 is 5.32. The van der Waals surface area contributed by atoms with Crippen molar-refractivity contribution in [1.29, 1.82) is 0 Å². The maximum Gasteiger partial charge on any atom is 0.237 e. The van der Waals surface area contributed by atoms with Gasteiger partial charge in [-0.15, -0.1) is 0 Å². The quantitative estimate of drug-likeness (QED) is 0.607. The molecule has 0 amide bonds. The van der Waals surface area contributed by atoms with Crippen molar-refractivity contribution in [2.45, 2.75) is 37.3 Å². The second-order valence-corrected chi connectivity index (χ2v) is 5.26. The summed E-state index contributed by atoms with van der Waals surface area (Å²) in [6.07, 6.45) is 7.91. The van der Waals surface area contributed by atoms with Crippen LogP contribution in [0.2, 0.25) is 0 Å². The van der Waals surface area contributed by atoms with Crippen LogP contribution in [-0.2, 0) is 0 Å². The predicted octanol–water partition coefficient (Wildman–Crippen LogP) is 0.864. The number of likely N-dealkylation sites (N-methyl/N-ethyl adjacent to an activating group) is 1. The molecule has 1 aromatic heterocycles. The van der Waals surface area contributed by atoms with Crippen LogP contribution < -0.4 is 16.0 Å². The van der Waals surface area contributed by atoms with Crippen LogP contribution in [0.25, 0.3) is 0 Å². The Morgan fingerprint density at radius 2 is 1.95 bits per heavy atom. The molecule has 106 valence electrons. The molecule has 1 heterocycles. The van der Waals surface area contributed by atoms with Crippen molar-refractivity contribution >= 4 is 0 Å². The van der Waals surface area contributed by atoms with Gasteiger partial charge in [0.05, 0.1) is 13.2 Å². The van der Waals surface area contributed by atoms with Crippen LogP contribution in [0.4, 0.5) is 0 Å². The lowest BCUT2D eigenvalue weighted by molar-refractivity contribution is 0.101. The minimum absolute atomic E-state index is 0.0297. The van der Waals surface area contributed by atoms with Crippen LogP contribution in [0.3, 0.4) is 0 Å². The molecule has 1 fully saturated rings. The van der Waals surface area contributed by atoms with Gasteiger partial charge in [-0.2, -0.15) is 0 Å². The maximum absolute atomic E-state index is 5.83. The number of hydrogen-bond acceptors (Lipinski definition) is 6. The van der Waals surface area contributed by atoms with Gasteiger partial charge < -0.3 is 9.64 Å². The highest BCUT2D eigenvalue weighted by atomic mass is 16.5. The lowest BCUT2D eigenvalue weighted by Gasteiger charge is -2.42. The van der Waals surface area contributed by atoms with E-state index in [0.717, 1.165) is 18.5 Å². The highest BCUT2D eigenvalue weighted by molar-refractivity contribution is 5.26. The minimum atomic E-state index is -0.0892. The fourth-order valence-electron chi connectivity index (χ4n) is 3.16. The van der Waals surface area contributed by atoms with E-state index in [-0.39, 0.29) is 11.6 Å². The Bertz CT molecular complexity index is 417. The van der Waals surface area contributed by atoms with Gasteiger partial charge in [0.25, 0.3) is 0 Å². The first kappa shape index (κ1) is 14.2. The Kier molecular flexibility index (Phi) is 4.34. The molecular weight excluding hydrogens is 242 g/mol. The first-order valence-corrected chi connectivity index (χ1v) is 6.64. The average molecular weight is 265 g/mol.